The van der Waals surface area contributed by atoms with Crippen LogP contribution in [-0.2, 0) is 6.42 Å². The van der Waals surface area contributed by atoms with E-state index in [9.17, 15) is 14.7 Å². The van der Waals surface area contributed by atoms with Crippen LogP contribution in [0.2, 0.25) is 0 Å². The molecule has 1 N–H and O–H groups in total. The summed E-state index contributed by atoms with van der Waals surface area (Å²) in [6.07, 6.45) is 6.94. The van der Waals surface area contributed by atoms with Crippen LogP contribution in [0.4, 0.5) is 0 Å². The molecule has 1 atom stereocenters. The largest absolute Gasteiger partial charge is 0.491 e. The van der Waals surface area contributed by atoms with Crippen molar-refractivity contribution in [2.45, 2.75) is 64.8 Å². The van der Waals surface area contributed by atoms with Gasteiger partial charge in [0.15, 0.2) is 5.43 Å². The Labute approximate surface area is 175 Å². The van der Waals surface area contributed by atoms with Gasteiger partial charge in [0.1, 0.15) is 11.3 Å². The topological polar surface area (TPSA) is 81.4 Å². The van der Waals surface area contributed by atoms with Crippen LogP contribution in [0, 0.1) is 11.3 Å². The molecule has 6 heteroatoms. The first kappa shape index (κ1) is 19.3. The van der Waals surface area contributed by atoms with Gasteiger partial charge in [-0.1, -0.05) is 20.8 Å². The van der Waals surface area contributed by atoms with E-state index in [1.165, 1.54) is 25.1 Å². The minimum absolute atomic E-state index is 0.0172. The van der Waals surface area contributed by atoms with Gasteiger partial charge >= 0.3 is 5.97 Å². The maximum absolute atomic E-state index is 12.5. The number of rotatable bonds is 5. The fourth-order valence-electron chi connectivity index (χ4n) is 4.37. The van der Waals surface area contributed by atoms with Crippen molar-refractivity contribution in [1.82, 2.24) is 9.55 Å². The highest BCUT2D eigenvalue weighted by atomic mass is 16.5. The van der Waals surface area contributed by atoms with Crippen LogP contribution in [0.15, 0.2) is 23.1 Å². The molecule has 0 saturated heterocycles. The first-order chi connectivity index (χ1) is 14.2. The van der Waals surface area contributed by atoms with Crippen molar-refractivity contribution in [3.8, 4) is 17.1 Å². The monoisotopic (exact) mass is 408 g/mol. The summed E-state index contributed by atoms with van der Waals surface area (Å²) in [6, 6.07) is 3.61. The fraction of sp³-hybridized carbons (Fsp3) is 0.542. The van der Waals surface area contributed by atoms with Crippen LogP contribution >= 0.6 is 0 Å². The van der Waals surface area contributed by atoms with Crippen molar-refractivity contribution < 1.29 is 14.6 Å². The molecule has 1 aliphatic heterocycles. The third kappa shape index (κ3) is 3.42. The molecule has 2 aromatic rings. The first-order valence-corrected chi connectivity index (χ1v) is 10.9. The second kappa shape index (κ2) is 6.69. The lowest BCUT2D eigenvalue weighted by Crippen LogP contribution is -2.33. The maximum Gasteiger partial charge on any atom is 0.341 e. The lowest BCUT2D eigenvalue weighted by molar-refractivity contribution is 0.0693. The summed E-state index contributed by atoms with van der Waals surface area (Å²) >= 11 is 0. The Morgan fingerprint density at radius 2 is 1.97 bits per heavy atom. The zero-order chi connectivity index (χ0) is 21.2. The lowest BCUT2D eigenvalue weighted by Gasteiger charge is -2.38. The van der Waals surface area contributed by atoms with Gasteiger partial charge in [0.25, 0.3) is 0 Å². The molecule has 0 unspecified atom stereocenters. The number of hydrogen-bond acceptors (Lipinski definition) is 4. The highest BCUT2D eigenvalue weighted by Crippen LogP contribution is 2.48. The van der Waals surface area contributed by atoms with E-state index >= 15 is 0 Å². The van der Waals surface area contributed by atoms with Crippen molar-refractivity contribution in [3.63, 3.8) is 0 Å². The zero-order valence-corrected chi connectivity index (χ0v) is 17.8. The number of aromatic carboxylic acids is 1. The molecular weight excluding hydrogens is 380 g/mol. The number of pyridine rings is 2. The predicted octanol–water partition coefficient (Wildman–Crippen LogP) is 4.42. The minimum atomic E-state index is -1.19. The van der Waals surface area contributed by atoms with Crippen molar-refractivity contribution in [2.24, 2.45) is 11.3 Å². The first-order valence-electron chi connectivity index (χ1n) is 10.9. The van der Waals surface area contributed by atoms with Crippen molar-refractivity contribution in [3.05, 3.63) is 45.4 Å². The fourth-order valence-corrected chi connectivity index (χ4v) is 4.37. The Balaban J connectivity index is 1.67. The molecule has 2 aromatic heterocycles. The molecule has 5 rings (SSSR count). The summed E-state index contributed by atoms with van der Waals surface area (Å²) in [5, 5.41) is 9.48. The molecule has 0 amide bonds. The molecule has 3 heterocycles. The molecule has 2 aliphatic carbocycles. The number of carboxylic acid groups (broad SMARTS) is 1. The number of carbonyl (C=O) groups is 1. The van der Waals surface area contributed by atoms with Crippen LogP contribution in [0.3, 0.4) is 0 Å². The second-order valence-corrected chi connectivity index (χ2v) is 10.1. The Hall–Kier alpha value is -2.63. The summed E-state index contributed by atoms with van der Waals surface area (Å²) in [7, 11) is 0. The van der Waals surface area contributed by atoms with Gasteiger partial charge in [-0.2, -0.15) is 0 Å². The summed E-state index contributed by atoms with van der Waals surface area (Å²) in [5.41, 5.74) is 2.78. The molecular formula is C24H28N2O4. The molecule has 3 aliphatic rings. The quantitative estimate of drug-likeness (QED) is 0.792. The van der Waals surface area contributed by atoms with E-state index in [1.54, 1.807) is 0 Å². The number of aromatic nitrogens is 2. The van der Waals surface area contributed by atoms with E-state index in [2.05, 4.69) is 26.8 Å². The molecule has 0 aromatic carbocycles. The number of carboxylic acids is 1. The van der Waals surface area contributed by atoms with Crippen LogP contribution in [-0.4, -0.2) is 27.2 Å². The van der Waals surface area contributed by atoms with E-state index in [1.807, 2.05) is 4.57 Å². The Morgan fingerprint density at radius 1 is 1.23 bits per heavy atom. The Bertz CT molecular complexity index is 1090. The van der Waals surface area contributed by atoms with Crippen LogP contribution in [0.1, 0.15) is 80.0 Å². The molecule has 0 spiro atoms. The van der Waals surface area contributed by atoms with Gasteiger partial charge in [0.2, 0.25) is 0 Å². The van der Waals surface area contributed by atoms with E-state index in [0.29, 0.717) is 17.5 Å². The maximum atomic E-state index is 12.5. The molecule has 0 radical (unpaired) electrons. The standard InChI is InChI=1S/C24H28N2O4/c1-24(2,3)20-9-15-8-19(30-12-13-4-5-13)22(14-6-7-14)25-21(15)17-10-18(27)16(23(28)29)11-26(17)20/h8,10-11,13-14,20H,4-7,9,12H2,1-3H3,(H,28,29)/t20-/m0/s1. The van der Waals surface area contributed by atoms with Gasteiger partial charge in [-0.15, -0.1) is 0 Å². The van der Waals surface area contributed by atoms with E-state index in [0.717, 1.165) is 48.6 Å². The minimum Gasteiger partial charge on any atom is -0.491 e. The van der Waals surface area contributed by atoms with E-state index in [-0.39, 0.29) is 17.0 Å². The molecule has 158 valence electrons. The smallest absolute Gasteiger partial charge is 0.341 e. The highest BCUT2D eigenvalue weighted by molar-refractivity contribution is 5.87. The number of nitrogens with zero attached hydrogens (tertiary/aromatic N) is 2. The number of hydrogen-bond donors (Lipinski definition) is 1. The van der Waals surface area contributed by atoms with Crippen molar-refractivity contribution in [1.29, 1.82) is 0 Å². The molecule has 2 fully saturated rings. The average molecular weight is 408 g/mol. The zero-order valence-electron chi connectivity index (χ0n) is 17.8. The molecule has 30 heavy (non-hydrogen) atoms. The van der Waals surface area contributed by atoms with Crippen molar-refractivity contribution >= 4 is 5.97 Å². The van der Waals surface area contributed by atoms with Crippen molar-refractivity contribution in [2.75, 3.05) is 6.61 Å². The Morgan fingerprint density at radius 3 is 2.57 bits per heavy atom. The molecule has 6 nitrogen and oxygen atoms in total. The van der Waals surface area contributed by atoms with E-state index in [4.69, 9.17) is 9.72 Å². The number of ether oxygens (including phenoxy) is 1. The summed E-state index contributed by atoms with van der Waals surface area (Å²) in [6.45, 7) is 7.17. The van der Waals surface area contributed by atoms with Crippen LogP contribution in [0.5, 0.6) is 5.75 Å². The van der Waals surface area contributed by atoms with Gasteiger partial charge in [-0.3, -0.25) is 4.79 Å². The second-order valence-electron chi connectivity index (χ2n) is 10.1. The molecule has 0 bridgehead atoms. The molecule has 2 saturated carbocycles. The van der Waals surface area contributed by atoms with Gasteiger partial charge in [-0.25, -0.2) is 9.78 Å². The lowest BCUT2D eigenvalue weighted by atomic mass is 9.79. The Kier molecular flexibility index (Phi) is 4.31. The number of fused-ring (bicyclic) bond motifs is 3. The van der Waals surface area contributed by atoms with Crippen LogP contribution < -0.4 is 10.2 Å². The van der Waals surface area contributed by atoms with E-state index < -0.39 is 11.4 Å². The van der Waals surface area contributed by atoms with Gasteiger partial charge in [0.05, 0.1) is 23.7 Å². The average Bonchev–Trinajstić information content (AvgIpc) is 3.57. The van der Waals surface area contributed by atoms with Crippen LogP contribution in [0.25, 0.3) is 11.4 Å². The normalized spacial score (nSPS) is 20.4. The van der Waals surface area contributed by atoms with Gasteiger partial charge < -0.3 is 14.4 Å². The third-order valence-corrected chi connectivity index (χ3v) is 6.53. The third-order valence-electron chi connectivity index (χ3n) is 6.53. The summed E-state index contributed by atoms with van der Waals surface area (Å²) < 4.78 is 8.16. The van der Waals surface area contributed by atoms with Gasteiger partial charge in [-0.05, 0) is 55.1 Å². The summed E-state index contributed by atoms with van der Waals surface area (Å²) in [4.78, 5) is 29.1. The van der Waals surface area contributed by atoms with Gasteiger partial charge in [0, 0.05) is 24.2 Å². The highest BCUT2D eigenvalue weighted by Gasteiger charge is 2.37. The SMILES string of the molecule is CC(C)(C)[C@@H]1Cc2cc(OCC3CC3)c(C3CC3)nc2-c2cc(=O)c(C(=O)O)cn21. The predicted molar refractivity (Wildman–Crippen MR) is 113 cm³/mol. The summed E-state index contributed by atoms with van der Waals surface area (Å²) in [5.74, 6) is 0.797.